The number of carbonyl (C=O) groups excluding carboxylic acids is 3. The number of anilines is 1. The van der Waals surface area contributed by atoms with Crippen LogP contribution in [0.5, 0.6) is 5.75 Å². The Morgan fingerprint density at radius 3 is 2.06 bits per heavy atom. The summed E-state index contributed by atoms with van der Waals surface area (Å²) < 4.78 is 221. The minimum absolute atomic E-state index is 0.0424. The molecule has 0 radical (unpaired) electrons. The lowest BCUT2D eigenvalue weighted by Crippen LogP contribution is -2.43. The summed E-state index contributed by atoms with van der Waals surface area (Å²) in [4.78, 5) is 91.1. The molecule has 8 rings (SSSR count). The highest BCUT2D eigenvalue weighted by molar-refractivity contribution is 7.93. The van der Waals surface area contributed by atoms with Gasteiger partial charge in [0.2, 0.25) is 27.7 Å². The molecule has 510 valence electrons. The van der Waals surface area contributed by atoms with Crippen LogP contribution in [0.25, 0.3) is 22.0 Å². The maximum atomic E-state index is 15.8. The lowest BCUT2D eigenvalue weighted by atomic mass is 9.77. The van der Waals surface area contributed by atoms with Crippen LogP contribution in [0.15, 0.2) is 54.6 Å². The number of carboxylic acid groups (broad SMARTS) is 2. The fraction of sp³-hybridized carbons (Fsp3) is 0.439. The monoisotopic (exact) mass is 1410 g/mol. The summed E-state index contributed by atoms with van der Waals surface area (Å²) in [7, 11) is -14.6. The number of nitrogens with one attached hydrogen (secondary N) is 2. The molecule has 37 heteroatoms. The van der Waals surface area contributed by atoms with Crippen LogP contribution in [0, 0.1) is 24.5 Å². The van der Waals surface area contributed by atoms with Crippen molar-refractivity contribution >= 4 is 85.7 Å². The minimum Gasteiger partial charge on any atom is -0.481 e. The van der Waals surface area contributed by atoms with E-state index in [9.17, 15) is 73.7 Å². The van der Waals surface area contributed by atoms with E-state index in [1.54, 1.807) is 0 Å². The van der Waals surface area contributed by atoms with Gasteiger partial charge >= 0.3 is 32.1 Å². The van der Waals surface area contributed by atoms with Crippen LogP contribution in [0.3, 0.4) is 0 Å². The second kappa shape index (κ2) is 25.4. The first kappa shape index (κ1) is 72.1. The highest BCUT2D eigenvalue weighted by Crippen LogP contribution is 2.68. The van der Waals surface area contributed by atoms with Gasteiger partial charge in [0.05, 0.1) is 51.5 Å². The summed E-state index contributed by atoms with van der Waals surface area (Å²) in [6.45, 7) is 2.92. The van der Waals surface area contributed by atoms with E-state index in [1.807, 2.05) is 5.32 Å². The molecule has 6 aromatic rings. The van der Waals surface area contributed by atoms with Crippen LogP contribution in [0.1, 0.15) is 116 Å². The topological polar surface area (TPSA) is 337 Å². The normalized spacial score (nSPS) is 16.5. The van der Waals surface area contributed by atoms with E-state index in [1.165, 1.54) is 52.8 Å². The smallest absolute Gasteiger partial charge is 0.481 e. The Hall–Kier alpha value is -7.72. The average Bonchev–Trinajstić information content (AvgIpc) is 1.52. The zero-order valence-corrected chi connectivity index (χ0v) is 53.5. The van der Waals surface area contributed by atoms with E-state index in [2.05, 4.69) is 15.5 Å². The second-order valence-electron chi connectivity index (χ2n) is 24.2. The summed E-state index contributed by atoms with van der Waals surface area (Å²) in [5.74, 6) is -18.6. The number of hydrogen-bond acceptors (Lipinski definition) is 14. The van der Waals surface area contributed by atoms with Gasteiger partial charge in [0.25, 0.3) is 5.92 Å². The van der Waals surface area contributed by atoms with Gasteiger partial charge < -0.3 is 25.4 Å². The van der Waals surface area contributed by atoms with Crippen molar-refractivity contribution < 1.29 is 114 Å². The number of sulfonamides is 1. The first-order valence-corrected chi connectivity index (χ1v) is 33.5. The highest BCUT2D eigenvalue weighted by Gasteiger charge is 2.68. The third-order valence-electron chi connectivity index (χ3n) is 15.9. The van der Waals surface area contributed by atoms with Crippen molar-refractivity contribution in [3.63, 3.8) is 0 Å². The number of aliphatic carboxylic acids is 2. The molecule has 1 saturated carbocycles. The van der Waals surface area contributed by atoms with E-state index in [0.717, 1.165) is 36.6 Å². The van der Waals surface area contributed by atoms with Gasteiger partial charge in [-0.05, 0) is 99.4 Å². The van der Waals surface area contributed by atoms with Crippen molar-refractivity contribution in [1.82, 2.24) is 35.2 Å². The third-order valence-corrected chi connectivity index (χ3v) is 19.9. The van der Waals surface area contributed by atoms with Gasteiger partial charge in [-0.25, -0.2) is 35.0 Å². The molecular formula is C57H58ClF10N8O15PS2. The number of sulfone groups is 1. The lowest BCUT2D eigenvalue weighted by molar-refractivity contribution is -0.147. The molecule has 3 aromatic heterocycles. The largest absolute Gasteiger partial charge is 0.524 e. The maximum Gasteiger partial charge on any atom is 0.524 e. The zero-order valence-electron chi connectivity index (χ0n) is 50.3. The fourth-order valence-electron chi connectivity index (χ4n) is 11.5. The van der Waals surface area contributed by atoms with E-state index < -0.39 is 221 Å². The molecule has 3 aromatic carbocycles. The molecule has 2 aliphatic carbocycles. The number of hydrogen-bond donors (Lipinski definition) is 6. The number of fused-ring (bicyclic) bond motifs is 4. The third kappa shape index (κ3) is 15.8. The van der Waals surface area contributed by atoms with Crippen molar-refractivity contribution in [2.45, 2.75) is 139 Å². The molecule has 0 unspecified atom stereocenters. The Bertz CT molecular complexity index is 4370. The van der Waals surface area contributed by atoms with Crippen LogP contribution in [-0.2, 0) is 98.3 Å². The van der Waals surface area contributed by atoms with Crippen LogP contribution >= 0.6 is 19.4 Å². The van der Waals surface area contributed by atoms with Gasteiger partial charge in [0.15, 0.2) is 21.3 Å². The second-order valence-corrected chi connectivity index (χ2v) is 30.3. The molecular weight excluding hydrogens is 1360 g/mol. The van der Waals surface area contributed by atoms with Crippen LogP contribution in [0.4, 0.5) is 49.7 Å². The number of pyridine rings is 1. The molecule has 2 aliphatic rings. The highest BCUT2D eigenvalue weighted by atomic mass is 35.5. The molecule has 4 atom stereocenters. The fourth-order valence-corrected chi connectivity index (χ4v) is 13.5. The molecule has 0 saturated heterocycles. The van der Waals surface area contributed by atoms with Gasteiger partial charge in [0.1, 0.15) is 42.2 Å². The molecule has 0 bridgehead atoms. The van der Waals surface area contributed by atoms with Crippen LogP contribution < -0.4 is 19.5 Å². The Labute approximate surface area is 533 Å². The SMILES string of the molecule is Cc1cc(CC(=O)N[C@@H](CC(=O)O)C(=O)O)c(C(C)(C)CC(=O)N(c2nn(CC(F)(F)F)c3c(-c4ccc(CCC(C)(C)S(C)(=O)=O)nc4[C@H](Cc4cc(F)cc(F)c4)NC(=O)Cn4nc(C(F)(F)F)c5c4C(F)(F)[C@@H]4C[C@H]54)ccc(Cl)c23)S(C)(=O)=O)c(OP(=O)(O)O)c1. The van der Waals surface area contributed by atoms with E-state index >= 15 is 35.5 Å². The molecule has 94 heavy (non-hydrogen) atoms. The number of carboxylic acids is 2. The minimum atomic E-state index is -5.59. The molecule has 0 aliphatic heterocycles. The zero-order chi connectivity index (χ0) is 70.3. The van der Waals surface area contributed by atoms with Gasteiger partial charge in [-0.15, -0.1) is 0 Å². The van der Waals surface area contributed by atoms with Gasteiger partial charge in [0, 0.05) is 58.0 Å². The number of benzene rings is 3. The summed E-state index contributed by atoms with van der Waals surface area (Å²) in [5, 5.41) is 29.3. The van der Waals surface area contributed by atoms with Crippen molar-refractivity contribution in [3.05, 3.63) is 122 Å². The molecule has 0 spiro atoms. The summed E-state index contributed by atoms with van der Waals surface area (Å²) >= 11 is 6.83. The molecule has 6 N–H and O–H groups in total. The Balaban J connectivity index is 1.32. The number of rotatable bonds is 25. The van der Waals surface area contributed by atoms with E-state index in [4.69, 9.17) is 21.1 Å². The van der Waals surface area contributed by atoms with E-state index in [0.29, 0.717) is 12.3 Å². The van der Waals surface area contributed by atoms with Gasteiger partial charge in [-0.1, -0.05) is 43.6 Å². The number of halogens is 11. The number of phosphoric acid groups is 1. The summed E-state index contributed by atoms with van der Waals surface area (Å²) in [6, 6.07) is 4.81. The van der Waals surface area contributed by atoms with Crippen LogP contribution in [-0.4, -0.2) is 121 Å². The van der Waals surface area contributed by atoms with Crippen molar-refractivity contribution in [2.24, 2.45) is 5.92 Å². The number of nitrogens with zero attached hydrogens (tertiary/aromatic N) is 6. The lowest BCUT2D eigenvalue weighted by Gasteiger charge is -2.31. The van der Waals surface area contributed by atoms with Gasteiger partial charge in [-0.3, -0.25) is 43.3 Å². The number of carbonyl (C=O) groups is 5. The number of aryl methyl sites for hydroxylation is 2. The van der Waals surface area contributed by atoms with Gasteiger partial charge in [-0.2, -0.15) is 49.6 Å². The van der Waals surface area contributed by atoms with Crippen molar-refractivity contribution in [2.75, 3.05) is 16.8 Å². The molecule has 3 heterocycles. The number of amides is 3. The predicted molar refractivity (Wildman–Crippen MR) is 314 cm³/mol. The maximum absolute atomic E-state index is 15.8. The molecule has 23 nitrogen and oxygen atoms in total. The Morgan fingerprint density at radius 2 is 1.50 bits per heavy atom. The predicted octanol–water partition coefficient (Wildman–Crippen LogP) is 8.90. The van der Waals surface area contributed by atoms with E-state index in [-0.39, 0.29) is 60.9 Å². The summed E-state index contributed by atoms with van der Waals surface area (Å²) in [5.41, 5.74) is -8.74. The number of aromatic nitrogens is 5. The number of phosphoric ester groups is 1. The van der Waals surface area contributed by atoms with Crippen molar-refractivity contribution in [3.8, 4) is 16.9 Å². The first-order chi connectivity index (χ1) is 43.0. The first-order valence-electron chi connectivity index (χ1n) is 27.9. The Morgan fingerprint density at radius 1 is 0.872 bits per heavy atom. The molecule has 3 amide bonds. The quantitative estimate of drug-likeness (QED) is 0.0230. The Kier molecular flexibility index (Phi) is 19.5. The molecule has 1 fully saturated rings. The summed E-state index contributed by atoms with van der Waals surface area (Å²) in [6.07, 6.45) is -14.0. The van der Waals surface area contributed by atoms with Crippen molar-refractivity contribution in [1.29, 1.82) is 0 Å². The average molecular weight is 1420 g/mol. The standard InChI is InChI=1S/C57H58ClF10N8O15PS2/c1-26-14-28(19-40(77)71-38(52(82)83)22-43(80)81)46(39(15-26)91-92(84,85)86)53(2,3)23-42(79)76(94(7,89)90)51-45-36(58)11-10-33(48(45)75(73-51)25-55(61,62)63)32-9-8-31(12-13-54(4,5)93(6,87)88)69-47(32)37(18-27-16-29(59)20-30(60)17-27)70-41(78)24-74-50-44(49(72-74)57(66,67)68)34-21-35(34)56(50,64)65/h8-11,14-17,20,34-35,37-38H,12-13,18-19,21-25H2,1-7H3,(H,70,78)(H,71,77)(H,80,81)(H,82,83)(H2,84,85,86)/t34-,35+,37-,38-/m0/s1. The number of alkyl halides is 8. The van der Waals surface area contributed by atoms with Crippen LogP contribution in [0.2, 0.25) is 5.02 Å².